The van der Waals surface area contributed by atoms with Gasteiger partial charge in [0.05, 0.1) is 5.25 Å². The highest BCUT2D eigenvalue weighted by Crippen LogP contribution is 2.23. The van der Waals surface area contributed by atoms with Crippen LogP contribution in [0.1, 0.15) is 17.6 Å². The molecule has 0 bridgehead atoms. The Labute approximate surface area is 150 Å². The molecule has 0 fully saturated rings. The van der Waals surface area contributed by atoms with Crippen molar-refractivity contribution in [2.45, 2.75) is 23.8 Å². The summed E-state index contributed by atoms with van der Waals surface area (Å²) in [6, 6.07) is 7.37. The predicted molar refractivity (Wildman–Crippen MR) is 93.8 cm³/mol. The standard InChI is InChI=1S/C16H14F2N4OS2/c1-9(15(23)20-14-11(17)5-2-6-12(14)18)25-16-19-13(21-22-16)8-10-4-3-7-24-10/h2-7,9H,8H2,1H3,(H,20,23)(H,19,21,22). The number of H-pyrrole nitrogens is 1. The molecule has 0 aliphatic carbocycles. The highest BCUT2D eigenvalue weighted by Gasteiger charge is 2.20. The maximum absolute atomic E-state index is 13.6. The summed E-state index contributed by atoms with van der Waals surface area (Å²) in [5.74, 6) is -1.47. The highest BCUT2D eigenvalue weighted by atomic mass is 32.2. The lowest BCUT2D eigenvalue weighted by molar-refractivity contribution is -0.115. The van der Waals surface area contributed by atoms with Crippen molar-refractivity contribution in [3.8, 4) is 0 Å². The number of nitrogens with zero attached hydrogens (tertiary/aromatic N) is 2. The van der Waals surface area contributed by atoms with Gasteiger partial charge in [-0.05, 0) is 30.5 Å². The van der Waals surface area contributed by atoms with Crippen LogP contribution in [0.4, 0.5) is 14.5 Å². The fourth-order valence-corrected chi connectivity index (χ4v) is 3.49. The van der Waals surface area contributed by atoms with Crippen molar-refractivity contribution in [2.24, 2.45) is 0 Å². The SMILES string of the molecule is CC(Sc1n[nH]c(Cc2cccs2)n1)C(=O)Nc1c(F)cccc1F. The second kappa shape index (κ2) is 7.75. The molecule has 2 aromatic heterocycles. The molecule has 3 rings (SSSR count). The molecule has 2 N–H and O–H groups in total. The third kappa shape index (κ3) is 4.43. The van der Waals surface area contributed by atoms with Gasteiger partial charge in [0, 0.05) is 11.3 Å². The molecule has 2 heterocycles. The minimum Gasteiger partial charge on any atom is -0.320 e. The number of thioether (sulfide) groups is 1. The molecule has 5 nitrogen and oxygen atoms in total. The fourth-order valence-electron chi connectivity index (χ4n) is 2.04. The number of hydrogen-bond acceptors (Lipinski definition) is 5. The van der Waals surface area contributed by atoms with E-state index in [4.69, 9.17) is 0 Å². The maximum Gasteiger partial charge on any atom is 0.237 e. The summed E-state index contributed by atoms with van der Waals surface area (Å²) in [7, 11) is 0. The monoisotopic (exact) mass is 380 g/mol. The summed E-state index contributed by atoms with van der Waals surface area (Å²) in [6.45, 7) is 1.62. The van der Waals surface area contributed by atoms with Gasteiger partial charge in [0.15, 0.2) is 0 Å². The Morgan fingerprint density at radius 1 is 1.32 bits per heavy atom. The molecule has 130 valence electrons. The van der Waals surface area contributed by atoms with E-state index in [2.05, 4.69) is 20.5 Å². The number of benzene rings is 1. The number of halogens is 2. The van der Waals surface area contributed by atoms with Crippen LogP contribution in [-0.4, -0.2) is 26.3 Å². The number of thiophene rings is 1. The van der Waals surface area contributed by atoms with Gasteiger partial charge in [-0.2, -0.15) is 0 Å². The lowest BCUT2D eigenvalue weighted by atomic mass is 10.3. The van der Waals surface area contributed by atoms with E-state index in [1.165, 1.54) is 6.07 Å². The van der Waals surface area contributed by atoms with E-state index in [9.17, 15) is 13.6 Å². The number of para-hydroxylation sites is 1. The molecule has 0 saturated carbocycles. The van der Waals surface area contributed by atoms with Gasteiger partial charge < -0.3 is 5.32 Å². The summed E-state index contributed by atoms with van der Waals surface area (Å²) in [5, 5.41) is 10.9. The quantitative estimate of drug-likeness (QED) is 0.637. The molecule has 1 aromatic carbocycles. The molecule has 0 spiro atoms. The van der Waals surface area contributed by atoms with Crippen molar-refractivity contribution in [1.29, 1.82) is 0 Å². The number of nitrogens with one attached hydrogen (secondary N) is 2. The largest absolute Gasteiger partial charge is 0.320 e. The van der Waals surface area contributed by atoms with Gasteiger partial charge in [-0.25, -0.2) is 13.8 Å². The number of carbonyl (C=O) groups excluding carboxylic acids is 1. The van der Waals surface area contributed by atoms with E-state index in [0.717, 1.165) is 28.8 Å². The zero-order valence-electron chi connectivity index (χ0n) is 13.1. The van der Waals surface area contributed by atoms with Crippen molar-refractivity contribution >= 4 is 34.7 Å². The second-order valence-electron chi connectivity index (χ2n) is 5.17. The van der Waals surface area contributed by atoms with Crippen LogP contribution in [0.2, 0.25) is 0 Å². The topological polar surface area (TPSA) is 70.7 Å². The Hall–Kier alpha value is -2.26. The van der Waals surface area contributed by atoms with E-state index in [1.54, 1.807) is 18.3 Å². The molecule has 9 heteroatoms. The van der Waals surface area contributed by atoms with Crippen LogP contribution in [0.3, 0.4) is 0 Å². The minimum atomic E-state index is -0.818. The van der Waals surface area contributed by atoms with Crippen molar-refractivity contribution in [3.63, 3.8) is 0 Å². The number of rotatable bonds is 6. The molecule has 3 aromatic rings. The van der Waals surface area contributed by atoms with Crippen molar-refractivity contribution in [2.75, 3.05) is 5.32 Å². The number of amides is 1. The normalized spacial score (nSPS) is 12.1. The number of anilines is 1. The summed E-state index contributed by atoms with van der Waals surface area (Å²) >= 11 is 2.73. The van der Waals surface area contributed by atoms with E-state index in [1.807, 2.05) is 17.5 Å². The third-order valence-corrected chi connectivity index (χ3v) is 5.13. The van der Waals surface area contributed by atoms with Gasteiger partial charge in [-0.15, -0.1) is 16.4 Å². The summed E-state index contributed by atoms with van der Waals surface area (Å²) in [6.07, 6.45) is 0.631. The Morgan fingerprint density at radius 2 is 2.08 bits per heavy atom. The molecular formula is C16H14F2N4OS2. The van der Waals surface area contributed by atoms with E-state index in [-0.39, 0.29) is 0 Å². The van der Waals surface area contributed by atoms with E-state index in [0.29, 0.717) is 17.4 Å². The first-order chi connectivity index (χ1) is 12.0. The zero-order chi connectivity index (χ0) is 17.8. The molecule has 25 heavy (non-hydrogen) atoms. The molecule has 0 radical (unpaired) electrons. The van der Waals surface area contributed by atoms with Crippen LogP contribution in [0.25, 0.3) is 0 Å². The number of aromatic nitrogens is 3. The van der Waals surface area contributed by atoms with Crippen molar-refractivity contribution in [3.05, 3.63) is 58.0 Å². The van der Waals surface area contributed by atoms with E-state index >= 15 is 0 Å². The summed E-state index contributed by atoms with van der Waals surface area (Å²) < 4.78 is 27.2. The van der Waals surface area contributed by atoms with Crippen molar-refractivity contribution in [1.82, 2.24) is 15.2 Å². The molecule has 1 unspecified atom stereocenters. The first-order valence-electron chi connectivity index (χ1n) is 7.38. The fraction of sp³-hybridized carbons (Fsp3) is 0.188. The average molecular weight is 380 g/mol. The van der Waals surface area contributed by atoms with Crippen LogP contribution < -0.4 is 5.32 Å². The molecule has 0 aliphatic rings. The molecule has 1 atom stereocenters. The smallest absolute Gasteiger partial charge is 0.237 e. The Morgan fingerprint density at radius 3 is 2.76 bits per heavy atom. The lowest BCUT2D eigenvalue weighted by Crippen LogP contribution is -2.23. The third-order valence-electron chi connectivity index (χ3n) is 3.30. The number of carbonyl (C=O) groups is 1. The zero-order valence-corrected chi connectivity index (χ0v) is 14.8. The van der Waals surface area contributed by atoms with Crippen molar-refractivity contribution < 1.29 is 13.6 Å². The first-order valence-corrected chi connectivity index (χ1v) is 9.14. The second-order valence-corrected chi connectivity index (χ2v) is 7.51. The maximum atomic E-state index is 13.6. The van der Waals surface area contributed by atoms with Gasteiger partial charge >= 0.3 is 0 Å². The van der Waals surface area contributed by atoms with Gasteiger partial charge in [0.2, 0.25) is 11.1 Å². The Balaban J connectivity index is 1.61. The van der Waals surface area contributed by atoms with Crippen LogP contribution in [-0.2, 0) is 11.2 Å². The van der Waals surface area contributed by atoms with Crippen LogP contribution in [0.5, 0.6) is 0 Å². The Bertz CT molecular complexity index is 847. The highest BCUT2D eigenvalue weighted by molar-refractivity contribution is 8.00. The Kier molecular flexibility index (Phi) is 5.44. The van der Waals surface area contributed by atoms with Gasteiger partial charge in [0.1, 0.15) is 23.1 Å². The van der Waals surface area contributed by atoms with Crippen LogP contribution in [0.15, 0.2) is 40.9 Å². The number of aromatic amines is 1. The molecular weight excluding hydrogens is 366 g/mol. The summed E-state index contributed by atoms with van der Waals surface area (Å²) in [4.78, 5) is 17.6. The molecule has 0 saturated heterocycles. The van der Waals surface area contributed by atoms with Crippen LogP contribution in [0, 0.1) is 11.6 Å². The number of hydrogen-bond donors (Lipinski definition) is 2. The molecule has 1 amide bonds. The van der Waals surface area contributed by atoms with E-state index < -0.39 is 28.5 Å². The summed E-state index contributed by atoms with van der Waals surface area (Å²) in [5.41, 5.74) is -0.451. The van der Waals surface area contributed by atoms with Gasteiger partial charge in [0.25, 0.3) is 0 Å². The van der Waals surface area contributed by atoms with Gasteiger partial charge in [-0.3, -0.25) is 9.89 Å². The average Bonchev–Trinajstić information content (AvgIpc) is 3.23. The lowest BCUT2D eigenvalue weighted by Gasteiger charge is -2.11. The van der Waals surface area contributed by atoms with Crippen LogP contribution >= 0.6 is 23.1 Å². The minimum absolute atomic E-state index is 0.406. The van der Waals surface area contributed by atoms with Gasteiger partial charge in [-0.1, -0.05) is 23.9 Å². The first kappa shape index (κ1) is 17.6. The molecule has 0 aliphatic heterocycles. The predicted octanol–water partition coefficient (Wildman–Crippen LogP) is 3.85.